The zero-order valence-corrected chi connectivity index (χ0v) is 21.5. The highest BCUT2D eigenvalue weighted by Crippen LogP contribution is 2.27. The second-order valence-electron chi connectivity index (χ2n) is 8.83. The maximum Gasteiger partial charge on any atom is 0.311 e. The number of unbranched alkanes of at least 4 members (excludes halogenated alkanes) is 1. The third-order valence-corrected chi connectivity index (χ3v) is 6.27. The topological polar surface area (TPSA) is 53.4 Å². The molecular formula is C27H33BrN2O3. The van der Waals surface area contributed by atoms with Crippen LogP contribution < -0.4 is 4.74 Å². The number of aryl methyl sites for hydroxylation is 1. The summed E-state index contributed by atoms with van der Waals surface area (Å²) in [5, 5.41) is 0. The number of halogens is 1. The molecule has 0 aliphatic carbocycles. The van der Waals surface area contributed by atoms with Gasteiger partial charge in [-0.15, -0.1) is 0 Å². The lowest BCUT2D eigenvalue weighted by atomic mass is 9.87. The average Bonchev–Trinajstić information content (AvgIpc) is 3.15. The van der Waals surface area contributed by atoms with Crippen molar-refractivity contribution in [2.75, 3.05) is 13.2 Å². The highest BCUT2D eigenvalue weighted by atomic mass is 79.9. The molecule has 0 radical (unpaired) electrons. The van der Waals surface area contributed by atoms with E-state index in [-0.39, 0.29) is 5.97 Å². The average molecular weight is 513 g/mol. The molecule has 0 spiro atoms. The number of esters is 1. The molecule has 3 aromatic rings. The number of carbonyl (C=O) groups is 1. The third-order valence-electron chi connectivity index (χ3n) is 5.74. The normalized spacial score (nSPS) is 11.4. The Morgan fingerprint density at radius 2 is 1.82 bits per heavy atom. The van der Waals surface area contributed by atoms with Crippen LogP contribution in [0, 0.1) is 12.3 Å². The molecule has 0 amide bonds. The fourth-order valence-electron chi connectivity index (χ4n) is 3.72. The molecule has 0 saturated carbocycles. The summed E-state index contributed by atoms with van der Waals surface area (Å²) in [6, 6.07) is 16.4. The van der Waals surface area contributed by atoms with E-state index < -0.39 is 5.41 Å². The molecule has 6 heteroatoms. The molecule has 0 aliphatic rings. The Bertz CT molecular complexity index is 1060. The van der Waals surface area contributed by atoms with E-state index in [4.69, 9.17) is 9.47 Å². The molecule has 1 heterocycles. The van der Waals surface area contributed by atoms with Crippen LogP contribution in [0.4, 0.5) is 0 Å². The summed E-state index contributed by atoms with van der Waals surface area (Å²) in [5.41, 5.74) is 2.83. The van der Waals surface area contributed by atoms with Crippen LogP contribution in [0.5, 0.6) is 5.75 Å². The second-order valence-corrected chi connectivity index (χ2v) is 9.75. The van der Waals surface area contributed by atoms with Crippen LogP contribution >= 0.6 is 15.9 Å². The van der Waals surface area contributed by atoms with Crippen LogP contribution in [0.25, 0.3) is 11.4 Å². The van der Waals surface area contributed by atoms with Gasteiger partial charge in [-0.3, -0.25) is 4.79 Å². The van der Waals surface area contributed by atoms with Crippen molar-refractivity contribution in [3.63, 3.8) is 0 Å². The lowest BCUT2D eigenvalue weighted by molar-refractivity contribution is -0.153. The van der Waals surface area contributed by atoms with E-state index in [1.165, 1.54) is 0 Å². The monoisotopic (exact) mass is 512 g/mol. The van der Waals surface area contributed by atoms with E-state index in [2.05, 4.69) is 50.6 Å². The first-order chi connectivity index (χ1) is 15.8. The van der Waals surface area contributed by atoms with Gasteiger partial charge >= 0.3 is 5.97 Å². The molecule has 176 valence electrons. The number of rotatable bonds is 11. The fourth-order valence-corrected chi connectivity index (χ4v) is 3.98. The van der Waals surface area contributed by atoms with Crippen molar-refractivity contribution in [2.45, 2.75) is 53.5 Å². The molecule has 0 aliphatic heterocycles. The van der Waals surface area contributed by atoms with Crippen molar-refractivity contribution >= 4 is 21.9 Å². The van der Waals surface area contributed by atoms with E-state index in [0.29, 0.717) is 19.8 Å². The van der Waals surface area contributed by atoms with Crippen molar-refractivity contribution in [3.05, 3.63) is 70.5 Å². The number of para-hydroxylation sites is 1. The van der Waals surface area contributed by atoms with Gasteiger partial charge in [-0.2, -0.15) is 0 Å². The predicted octanol–water partition coefficient (Wildman–Crippen LogP) is 6.81. The Morgan fingerprint density at radius 1 is 1.09 bits per heavy atom. The van der Waals surface area contributed by atoms with Gasteiger partial charge in [0.1, 0.15) is 11.6 Å². The smallest absolute Gasteiger partial charge is 0.311 e. The first-order valence-corrected chi connectivity index (χ1v) is 12.3. The van der Waals surface area contributed by atoms with Gasteiger partial charge in [-0.1, -0.05) is 46.3 Å². The van der Waals surface area contributed by atoms with Gasteiger partial charge in [-0.25, -0.2) is 4.98 Å². The molecule has 0 N–H and O–H groups in total. The van der Waals surface area contributed by atoms with Gasteiger partial charge in [0.15, 0.2) is 0 Å². The molecule has 5 nitrogen and oxygen atoms in total. The Labute approximate surface area is 205 Å². The van der Waals surface area contributed by atoms with Gasteiger partial charge in [0.05, 0.1) is 25.2 Å². The third kappa shape index (κ3) is 6.70. The number of imidazole rings is 1. The zero-order chi connectivity index (χ0) is 23.8. The van der Waals surface area contributed by atoms with Crippen LogP contribution in [0.1, 0.15) is 51.3 Å². The Morgan fingerprint density at radius 3 is 2.55 bits per heavy atom. The van der Waals surface area contributed by atoms with E-state index in [9.17, 15) is 4.79 Å². The number of hydrogen-bond donors (Lipinski definition) is 0. The van der Waals surface area contributed by atoms with Crippen molar-refractivity contribution in [1.29, 1.82) is 0 Å². The number of hydrogen-bond acceptors (Lipinski definition) is 4. The molecule has 1 aromatic heterocycles. The highest BCUT2D eigenvalue weighted by molar-refractivity contribution is 9.10. The van der Waals surface area contributed by atoms with E-state index in [1.807, 2.05) is 57.3 Å². The number of benzene rings is 2. The quantitative estimate of drug-likeness (QED) is 0.209. The summed E-state index contributed by atoms with van der Waals surface area (Å²) in [6.07, 6.45) is 4.47. The Hall–Kier alpha value is -2.60. The second kappa shape index (κ2) is 11.5. The van der Waals surface area contributed by atoms with Crippen molar-refractivity contribution in [2.24, 2.45) is 5.41 Å². The van der Waals surface area contributed by atoms with Crippen LogP contribution in [0.15, 0.2) is 59.2 Å². The molecule has 0 saturated heterocycles. The predicted molar refractivity (Wildman–Crippen MR) is 135 cm³/mol. The summed E-state index contributed by atoms with van der Waals surface area (Å²) in [6.45, 7) is 9.51. The fraction of sp³-hybridized carbons (Fsp3) is 0.407. The van der Waals surface area contributed by atoms with Crippen molar-refractivity contribution in [1.82, 2.24) is 9.55 Å². The number of carbonyl (C=O) groups excluding carboxylic acids is 1. The minimum Gasteiger partial charge on any atom is -0.493 e. The molecule has 33 heavy (non-hydrogen) atoms. The summed E-state index contributed by atoms with van der Waals surface area (Å²) in [4.78, 5) is 16.7. The number of ether oxygens (including phenoxy) is 2. The Balaban J connectivity index is 1.62. The van der Waals surface area contributed by atoms with Gasteiger partial charge in [0, 0.05) is 27.5 Å². The summed E-state index contributed by atoms with van der Waals surface area (Å²) >= 11 is 3.50. The van der Waals surface area contributed by atoms with Crippen molar-refractivity contribution < 1.29 is 14.3 Å². The summed E-state index contributed by atoms with van der Waals surface area (Å²) in [5.74, 6) is 1.70. The molecular weight excluding hydrogens is 480 g/mol. The molecule has 3 rings (SSSR count). The molecule has 2 aromatic carbocycles. The largest absolute Gasteiger partial charge is 0.493 e. The van der Waals surface area contributed by atoms with Crippen LogP contribution in [-0.4, -0.2) is 28.7 Å². The molecule has 0 fully saturated rings. The standard InChI is InChI=1S/C27H33BrN2O3/c1-5-32-26(31)27(3,4)16-8-9-17-33-24-11-7-6-10-22(24)19-30-20(2)18-29-25(30)21-12-14-23(28)15-13-21/h6-7,10-15,18H,5,8-9,16-17,19H2,1-4H3. The van der Waals surface area contributed by atoms with E-state index in [0.717, 1.165) is 52.1 Å². The molecule has 0 unspecified atom stereocenters. The maximum atomic E-state index is 12.1. The number of aromatic nitrogens is 2. The SMILES string of the molecule is CCOC(=O)C(C)(C)CCCCOc1ccccc1Cn1c(C)cnc1-c1ccc(Br)cc1. The summed E-state index contributed by atoms with van der Waals surface area (Å²) < 4.78 is 14.6. The minimum absolute atomic E-state index is 0.131. The first kappa shape index (κ1) is 25.0. The van der Waals surface area contributed by atoms with Gasteiger partial charge in [0.2, 0.25) is 0 Å². The van der Waals surface area contributed by atoms with Crippen LogP contribution in [-0.2, 0) is 16.1 Å². The highest BCUT2D eigenvalue weighted by Gasteiger charge is 2.28. The van der Waals surface area contributed by atoms with Gasteiger partial charge < -0.3 is 14.0 Å². The van der Waals surface area contributed by atoms with E-state index in [1.54, 1.807) is 0 Å². The Kier molecular flexibility index (Phi) is 8.73. The zero-order valence-electron chi connectivity index (χ0n) is 19.9. The molecule has 0 bridgehead atoms. The van der Waals surface area contributed by atoms with Crippen LogP contribution in [0.2, 0.25) is 0 Å². The summed E-state index contributed by atoms with van der Waals surface area (Å²) in [7, 11) is 0. The minimum atomic E-state index is -0.462. The van der Waals surface area contributed by atoms with Crippen molar-refractivity contribution in [3.8, 4) is 17.1 Å². The number of nitrogens with zero attached hydrogens (tertiary/aromatic N) is 2. The lowest BCUT2D eigenvalue weighted by Crippen LogP contribution is -2.26. The molecule has 0 atom stereocenters. The lowest BCUT2D eigenvalue weighted by Gasteiger charge is -2.22. The van der Waals surface area contributed by atoms with E-state index >= 15 is 0 Å². The van der Waals surface area contributed by atoms with Crippen LogP contribution in [0.3, 0.4) is 0 Å². The van der Waals surface area contributed by atoms with Gasteiger partial charge in [-0.05, 0) is 65.2 Å². The maximum absolute atomic E-state index is 12.1. The first-order valence-electron chi connectivity index (χ1n) is 11.5. The van der Waals surface area contributed by atoms with Gasteiger partial charge in [0.25, 0.3) is 0 Å².